The van der Waals surface area contributed by atoms with Gasteiger partial charge >= 0.3 is 6.03 Å². The average molecular weight is 346 g/mol. The zero-order valence-corrected chi connectivity index (χ0v) is 14.2. The summed E-state index contributed by atoms with van der Waals surface area (Å²) >= 11 is 0. The van der Waals surface area contributed by atoms with Crippen molar-refractivity contribution in [2.75, 3.05) is 0 Å². The molecule has 8 heteroatoms. The highest BCUT2D eigenvalue weighted by molar-refractivity contribution is 5.80. The summed E-state index contributed by atoms with van der Waals surface area (Å²) < 4.78 is 23.5. The molecule has 0 unspecified atom stereocenters. The number of aromatic nitrogens is 2. The lowest BCUT2D eigenvalue weighted by Crippen LogP contribution is -2.34. The Morgan fingerprint density at radius 1 is 1.24 bits per heavy atom. The van der Waals surface area contributed by atoms with Crippen LogP contribution in [0.1, 0.15) is 38.0 Å². The number of nitrogens with zero attached hydrogens (tertiary/aromatic N) is 2. The molecule has 0 saturated heterocycles. The summed E-state index contributed by atoms with van der Waals surface area (Å²) in [7, 11) is 0. The summed E-state index contributed by atoms with van der Waals surface area (Å²) in [6, 6.07) is 3.74. The van der Waals surface area contributed by atoms with Gasteiger partial charge in [0.2, 0.25) is 5.89 Å². The highest BCUT2D eigenvalue weighted by atomic mass is 19.1. The number of hydrogen-bond acceptors (Lipinski definition) is 5. The number of amides is 2. The first-order valence-electron chi connectivity index (χ1n) is 7.83. The summed E-state index contributed by atoms with van der Waals surface area (Å²) in [5.41, 5.74) is 1.58. The van der Waals surface area contributed by atoms with Gasteiger partial charge in [0.05, 0.1) is 18.8 Å². The molecule has 7 nitrogen and oxygen atoms in total. The van der Waals surface area contributed by atoms with Gasteiger partial charge in [-0.25, -0.2) is 14.2 Å². The van der Waals surface area contributed by atoms with Crippen molar-refractivity contribution in [1.82, 2.24) is 20.8 Å². The van der Waals surface area contributed by atoms with Crippen LogP contribution in [0.2, 0.25) is 0 Å². The molecule has 2 aromatic heterocycles. The van der Waals surface area contributed by atoms with E-state index in [2.05, 4.69) is 20.8 Å². The van der Waals surface area contributed by atoms with Gasteiger partial charge in [-0.2, -0.15) is 0 Å². The molecule has 0 fully saturated rings. The fraction of sp³-hybridized carbons (Fsp3) is 0.353. The van der Waals surface area contributed by atoms with Crippen molar-refractivity contribution >= 4 is 17.0 Å². The number of halogens is 1. The number of carbonyl (C=O) groups is 1. The third-order valence-corrected chi connectivity index (χ3v) is 3.65. The second kappa shape index (κ2) is 6.54. The minimum absolute atomic E-state index is 0.114. The Bertz CT molecular complexity index is 895. The maximum atomic E-state index is 13.1. The SMILES string of the molecule is CC(C)(C)c1coc(CNC(=O)NCc2noc3cc(F)ccc23)n1. The molecule has 1 aromatic carbocycles. The van der Waals surface area contributed by atoms with E-state index in [0.29, 0.717) is 22.6 Å². The molecular formula is C17H19FN4O3. The highest BCUT2D eigenvalue weighted by Gasteiger charge is 2.18. The molecule has 0 bridgehead atoms. The van der Waals surface area contributed by atoms with E-state index < -0.39 is 11.8 Å². The summed E-state index contributed by atoms with van der Waals surface area (Å²) in [4.78, 5) is 16.2. The van der Waals surface area contributed by atoms with E-state index in [1.807, 2.05) is 20.8 Å². The van der Waals surface area contributed by atoms with Crippen LogP contribution in [0.5, 0.6) is 0 Å². The lowest BCUT2D eigenvalue weighted by atomic mass is 9.93. The minimum Gasteiger partial charge on any atom is -0.447 e. The molecule has 3 rings (SSSR count). The smallest absolute Gasteiger partial charge is 0.315 e. The maximum absolute atomic E-state index is 13.1. The van der Waals surface area contributed by atoms with Crippen LogP contribution >= 0.6 is 0 Å². The molecule has 2 heterocycles. The molecule has 0 saturated carbocycles. The third kappa shape index (κ3) is 3.96. The first-order valence-corrected chi connectivity index (χ1v) is 7.83. The topological polar surface area (TPSA) is 93.2 Å². The van der Waals surface area contributed by atoms with Crippen LogP contribution in [0.25, 0.3) is 11.0 Å². The number of nitrogens with one attached hydrogen (secondary N) is 2. The van der Waals surface area contributed by atoms with Crippen LogP contribution in [0, 0.1) is 5.82 Å². The van der Waals surface area contributed by atoms with Gasteiger partial charge in [-0.3, -0.25) is 0 Å². The molecule has 0 aliphatic rings. The van der Waals surface area contributed by atoms with Gasteiger partial charge in [0, 0.05) is 16.9 Å². The molecule has 3 aromatic rings. The van der Waals surface area contributed by atoms with Crippen LogP contribution in [-0.2, 0) is 18.5 Å². The Morgan fingerprint density at radius 2 is 2.00 bits per heavy atom. The van der Waals surface area contributed by atoms with Gasteiger partial charge in [-0.15, -0.1) is 0 Å². The van der Waals surface area contributed by atoms with Gasteiger partial charge in [0.25, 0.3) is 0 Å². The van der Waals surface area contributed by atoms with Crippen molar-refractivity contribution < 1.29 is 18.1 Å². The summed E-state index contributed by atoms with van der Waals surface area (Å²) in [5, 5.41) is 9.82. The second-order valence-corrected chi connectivity index (χ2v) is 6.68. The predicted octanol–water partition coefficient (Wildman–Crippen LogP) is 3.25. The lowest BCUT2D eigenvalue weighted by Gasteiger charge is -2.13. The first-order chi connectivity index (χ1) is 11.8. The summed E-state index contributed by atoms with van der Waals surface area (Å²) in [5.74, 6) is 0.0314. The van der Waals surface area contributed by atoms with E-state index in [-0.39, 0.29) is 18.5 Å². The van der Waals surface area contributed by atoms with Crippen LogP contribution in [0.3, 0.4) is 0 Å². The largest absolute Gasteiger partial charge is 0.447 e. The van der Waals surface area contributed by atoms with Gasteiger partial charge < -0.3 is 19.6 Å². The molecule has 0 spiro atoms. The minimum atomic E-state index is -0.401. The van der Waals surface area contributed by atoms with Crippen LogP contribution in [-0.4, -0.2) is 16.2 Å². The first kappa shape index (κ1) is 16.9. The monoisotopic (exact) mass is 346 g/mol. The number of fused-ring (bicyclic) bond motifs is 1. The number of hydrogen-bond donors (Lipinski definition) is 2. The molecule has 2 amide bonds. The molecule has 25 heavy (non-hydrogen) atoms. The normalized spacial score (nSPS) is 11.7. The van der Waals surface area contributed by atoms with Crippen molar-refractivity contribution in [3.63, 3.8) is 0 Å². The number of oxazole rings is 1. The molecule has 132 valence electrons. The van der Waals surface area contributed by atoms with Crippen molar-refractivity contribution in [3.05, 3.63) is 47.6 Å². The van der Waals surface area contributed by atoms with Crippen molar-refractivity contribution in [3.8, 4) is 0 Å². The molecule has 2 N–H and O–H groups in total. The van der Waals surface area contributed by atoms with Crippen LogP contribution in [0.4, 0.5) is 9.18 Å². The number of benzene rings is 1. The van der Waals surface area contributed by atoms with E-state index in [1.165, 1.54) is 12.1 Å². The van der Waals surface area contributed by atoms with Gasteiger partial charge in [-0.1, -0.05) is 25.9 Å². The fourth-order valence-corrected chi connectivity index (χ4v) is 2.21. The third-order valence-electron chi connectivity index (χ3n) is 3.65. The van der Waals surface area contributed by atoms with Gasteiger partial charge in [0.1, 0.15) is 17.8 Å². The van der Waals surface area contributed by atoms with Crippen molar-refractivity contribution in [2.45, 2.75) is 39.3 Å². The molecular weight excluding hydrogens is 327 g/mol. The van der Waals surface area contributed by atoms with E-state index in [4.69, 9.17) is 8.94 Å². The van der Waals surface area contributed by atoms with Gasteiger partial charge in [0.15, 0.2) is 5.58 Å². The quantitative estimate of drug-likeness (QED) is 0.756. The van der Waals surface area contributed by atoms with E-state index in [0.717, 1.165) is 5.69 Å². The number of rotatable bonds is 4. The predicted molar refractivity (Wildman–Crippen MR) is 88.2 cm³/mol. The fourth-order valence-electron chi connectivity index (χ4n) is 2.21. The molecule has 0 aliphatic carbocycles. The standard InChI is InChI=1S/C17H19FN4O3/c1-17(2,3)14-9-24-15(21-14)8-20-16(23)19-7-12-11-5-4-10(18)6-13(11)25-22-12/h4-6,9H,7-8H2,1-3H3,(H2,19,20,23). The van der Waals surface area contributed by atoms with E-state index in [9.17, 15) is 9.18 Å². The van der Waals surface area contributed by atoms with Crippen LogP contribution in [0.15, 0.2) is 33.4 Å². The lowest BCUT2D eigenvalue weighted by molar-refractivity contribution is 0.238. The van der Waals surface area contributed by atoms with E-state index in [1.54, 1.807) is 12.3 Å². The summed E-state index contributed by atoms with van der Waals surface area (Å²) in [6.07, 6.45) is 1.59. The average Bonchev–Trinajstić information content (AvgIpc) is 3.17. The highest BCUT2D eigenvalue weighted by Crippen LogP contribution is 2.21. The second-order valence-electron chi connectivity index (χ2n) is 6.68. The molecule has 0 atom stereocenters. The molecule has 0 aliphatic heterocycles. The summed E-state index contributed by atoms with van der Waals surface area (Å²) in [6.45, 7) is 6.42. The number of urea groups is 1. The Kier molecular flexibility index (Phi) is 4.43. The Balaban J connectivity index is 1.53. The van der Waals surface area contributed by atoms with Gasteiger partial charge in [-0.05, 0) is 12.1 Å². The van der Waals surface area contributed by atoms with E-state index >= 15 is 0 Å². The Labute approximate surface area is 143 Å². The molecule has 0 radical (unpaired) electrons. The Morgan fingerprint density at radius 3 is 2.72 bits per heavy atom. The van der Waals surface area contributed by atoms with Crippen molar-refractivity contribution in [2.24, 2.45) is 0 Å². The maximum Gasteiger partial charge on any atom is 0.315 e. The zero-order chi connectivity index (χ0) is 18.0. The Hall–Kier alpha value is -2.90. The zero-order valence-electron chi connectivity index (χ0n) is 14.2. The van der Waals surface area contributed by atoms with Crippen LogP contribution < -0.4 is 10.6 Å². The number of carbonyl (C=O) groups excluding carboxylic acids is 1. The van der Waals surface area contributed by atoms with Crippen molar-refractivity contribution in [1.29, 1.82) is 0 Å².